The Morgan fingerprint density at radius 3 is 2.74 bits per heavy atom. The molecule has 0 radical (unpaired) electrons. The van der Waals surface area contributed by atoms with Gasteiger partial charge in [-0.2, -0.15) is 0 Å². The van der Waals surface area contributed by atoms with Gasteiger partial charge in [0.15, 0.2) is 0 Å². The standard InChI is InChI=1S/C20H17FN2O4/c21-16-6-9-19-18(12-16)15(13-22-19)2-1-11-27-20(24)10-5-14-3-7-17(8-4-14)23(25)26/h3-10,12-13,22H,1-2,11H2/b10-5+. The number of aromatic nitrogens is 1. The summed E-state index contributed by atoms with van der Waals surface area (Å²) in [7, 11) is 0. The number of carbonyl (C=O) groups excluding carboxylic acids is 1. The van der Waals surface area contributed by atoms with Crippen LogP contribution in [0.3, 0.4) is 0 Å². The molecule has 3 rings (SSSR count). The Hall–Kier alpha value is -3.48. The highest BCUT2D eigenvalue weighted by Crippen LogP contribution is 2.20. The zero-order valence-electron chi connectivity index (χ0n) is 14.4. The summed E-state index contributed by atoms with van der Waals surface area (Å²) in [5, 5.41) is 11.4. The molecule has 0 bridgehead atoms. The van der Waals surface area contributed by atoms with E-state index in [9.17, 15) is 19.3 Å². The zero-order valence-corrected chi connectivity index (χ0v) is 14.4. The first-order chi connectivity index (χ1) is 13.0. The highest BCUT2D eigenvalue weighted by molar-refractivity contribution is 5.87. The minimum absolute atomic E-state index is 0.00751. The zero-order chi connectivity index (χ0) is 19.2. The van der Waals surface area contributed by atoms with E-state index in [1.165, 1.54) is 36.4 Å². The molecule has 0 saturated heterocycles. The van der Waals surface area contributed by atoms with E-state index in [2.05, 4.69) is 4.98 Å². The maximum atomic E-state index is 13.4. The summed E-state index contributed by atoms with van der Waals surface area (Å²) in [6, 6.07) is 10.4. The molecule has 138 valence electrons. The van der Waals surface area contributed by atoms with Crippen LogP contribution < -0.4 is 0 Å². The second kappa shape index (κ2) is 8.27. The van der Waals surface area contributed by atoms with Crippen molar-refractivity contribution in [2.75, 3.05) is 6.61 Å². The number of nitro groups is 1. The molecule has 0 aliphatic rings. The van der Waals surface area contributed by atoms with Gasteiger partial charge in [0.2, 0.25) is 0 Å². The Bertz CT molecular complexity index is 993. The minimum Gasteiger partial charge on any atom is -0.463 e. The normalized spacial score (nSPS) is 11.1. The Kier molecular flexibility index (Phi) is 5.61. The number of aryl methyl sites for hydroxylation is 1. The number of nitro benzene ring substituents is 1. The van der Waals surface area contributed by atoms with Gasteiger partial charge < -0.3 is 9.72 Å². The molecule has 0 unspecified atom stereocenters. The van der Waals surface area contributed by atoms with Crippen LogP contribution in [0.1, 0.15) is 17.5 Å². The summed E-state index contributed by atoms with van der Waals surface area (Å²) in [4.78, 5) is 24.9. The van der Waals surface area contributed by atoms with Gasteiger partial charge in [0.1, 0.15) is 5.82 Å². The second-order valence-corrected chi connectivity index (χ2v) is 5.96. The maximum Gasteiger partial charge on any atom is 0.330 e. The number of hydrogen-bond acceptors (Lipinski definition) is 4. The molecule has 0 amide bonds. The average molecular weight is 368 g/mol. The first kappa shape index (κ1) is 18.3. The fourth-order valence-electron chi connectivity index (χ4n) is 2.71. The lowest BCUT2D eigenvalue weighted by molar-refractivity contribution is -0.384. The molecule has 2 aromatic carbocycles. The van der Waals surface area contributed by atoms with Gasteiger partial charge in [0.05, 0.1) is 11.5 Å². The summed E-state index contributed by atoms with van der Waals surface area (Å²) in [6.45, 7) is 0.241. The SMILES string of the molecule is O=C(/C=C/c1ccc([N+](=O)[O-])cc1)OCCCc1c[nH]c2ccc(F)cc12. The van der Waals surface area contributed by atoms with Crippen molar-refractivity contribution in [2.24, 2.45) is 0 Å². The highest BCUT2D eigenvalue weighted by Gasteiger charge is 2.06. The number of halogens is 1. The number of esters is 1. The van der Waals surface area contributed by atoms with Crippen molar-refractivity contribution in [2.45, 2.75) is 12.8 Å². The molecule has 0 aliphatic carbocycles. The summed E-state index contributed by atoms with van der Waals surface area (Å²) in [5.74, 6) is -0.774. The predicted molar refractivity (Wildman–Crippen MR) is 99.7 cm³/mol. The van der Waals surface area contributed by atoms with E-state index in [1.807, 2.05) is 6.20 Å². The summed E-state index contributed by atoms with van der Waals surface area (Å²) < 4.78 is 18.5. The molecule has 0 fully saturated rings. The van der Waals surface area contributed by atoms with Crippen molar-refractivity contribution in [1.82, 2.24) is 4.98 Å². The van der Waals surface area contributed by atoms with Crippen LogP contribution in [0.15, 0.2) is 54.7 Å². The number of rotatable bonds is 7. The molecule has 0 atom stereocenters. The van der Waals surface area contributed by atoms with E-state index in [4.69, 9.17) is 4.74 Å². The molecular formula is C20H17FN2O4. The van der Waals surface area contributed by atoms with Crippen molar-refractivity contribution in [3.05, 3.63) is 81.8 Å². The molecule has 0 saturated carbocycles. The third kappa shape index (κ3) is 4.78. The third-order valence-corrected chi connectivity index (χ3v) is 4.08. The number of carbonyl (C=O) groups is 1. The second-order valence-electron chi connectivity index (χ2n) is 5.96. The fourth-order valence-corrected chi connectivity index (χ4v) is 2.71. The van der Waals surface area contributed by atoms with Crippen molar-refractivity contribution in [1.29, 1.82) is 0 Å². The van der Waals surface area contributed by atoms with E-state index in [1.54, 1.807) is 18.2 Å². The summed E-state index contributed by atoms with van der Waals surface area (Å²) >= 11 is 0. The van der Waals surface area contributed by atoms with Crippen LogP contribution in [-0.2, 0) is 16.0 Å². The predicted octanol–water partition coefficient (Wildman–Crippen LogP) is 4.40. The van der Waals surface area contributed by atoms with Gasteiger partial charge in [0.25, 0.3) is 5.69 Å². The van der Waals surface area contributed by atoms with E-state index < -0.39 is 10.9 Å². The number of non-ortho nitro benzene ring substituents is 1. The van der Waals surface area contributed by atoms with Gasteiger partial charge >= 0.3 is 5.97 Å². The molecule has 3 aromatic rings. The third-order valence-electron chi connectivity index (χ3n) is 4.08. The van der Waals surface area contributed by atoms with Gasteiger partial charge in [-0.25, -0.2) is 9.18 Å². The van der Waals surface area contributed by atoms with Crippen LogP contribution in [0.5, 0.6) is 0 Å². The van der Waals surface area contributed by atoms with Crippen LogP contribution in [0.2, 0.25) is 0 Å². The molecule has 7 heteroatoms. The van der Waals surface area contributed by atoms with Gasteiger partial charge in [-0.15, -0.1) is 0 Å². The van der Waals surface area contributed by atoms with Gasteiger partial charge in [-0.3, -0.25) is 10.1 Å². The highest BCUT2D eigenvalue weighted by atomic mass is 19.1. The van der Waals surface area contributed by atoms with E-state index >= 15 is 0 Å². The molecule has 0 aliphatic heterocycles. The molecule has 1 aromatic heterocycles. The quantitative estimate of drug-likeness (QED) is 0.220. The first-order valence-corrected chi connectivity index (χ1v) is 8.38. The lowest BCUT2D eigenvalue weighted by Gasteiger charge is -2.02. The summed E-state index contributed by atoms with van der Waals surface area (Å²) in [6.07, 6.45) is 5.92. The van der Waals surface area contributed by atoms with Crippen molar-refractivity contribution < 1.29 is 18.8 Å². The number of ether oxygens (including phenoxy) is 1. The molecule has 1 heterocycles. The van der Waals surface area contributed by atoms with E-state index in [-0.39, 0.29) is 18.1 Å². The topological polar surface area (TPSA) is 85.2 Å². The largest absolute Gasteiger partial charge is 0.463 e. The number of fused-ring (bicyclic) bond motifs is 1. The first-order valence-electron chi connectivity index (χ1n) is 8.38. The van der Waals surface area contributed by atoms with Crippen molar-refractivity contribution >= 4 is 28.6 Å². The lowest BCUT2D eigenvalue weighted by Crippen LogP contribution is -2.03. The molecule has 6 nitrogen and oxygen atoms in total. The van der Waals surface area contributed by atoms with Crippen LogP contribution in [0.4, 0.5) is 10.1 Å². The van der Waals surface area contributed by atoms with Crippen LogP contribution in [-0.4, -0.2) is 22.5 Å². The van der Waals surface area contributed by atoms with E-state index in [0.29, 0.717) is 18.4 Å². The number of nitrogens with zero attached hydrogens (tertiary/aromatic N) is 1. The Balaban J connectivity index is 1.46. The lowest BCUT2D eigenvalue weighted by atomic mass is 10.1. The van der Waals surface area contributed by atoms with Crippen LogP contribution in [0.25, 0.3) is 17.0 Å². The van der Waals surface area contributed by atoms with Crippen LogP contribution in [0, 0.1) is 15.9 Å². The monoisotopic (exact) mass is 368 g/mol. The van der Waals surface area contributed by atoms with Crippen molar-refractivity contribution in [3.8, 4) is 0 Å². The Morgan fingerprint density at radius 1 is 1.22 bits per heavy atom. The van der Waals surface area contributed by atoms with Gasteiger partial charge in [-0.05, 0) is 60.4 Å². The number of nitrogens with one attached hydrogen (secondary N) is 1. The summed E-state index contributed by atoms with van der Waals surface area (Å²) in [5.41, 5.74) is 2.50. The van der Waals surface area contributed by atoms with E-state index in [0.717, 1.165) is 16.5 Å². The van der Waals surface area contributed by atoms with Crippen molar-refractivity contribution in [3.63, 3.8) is 0 Å². The Morgan fingerprint density at radius 2 is 2.00 bits per heavy atom. The molecule has 1 N–H and O–H groups in total. The number of benzene rings is 2. The smallest absolute Gasteiger partial charge is 0.330 e. The van der Waals surface area contributed by atoms with Gasteiger partial charge in [-0.1, -0.05) is 0 Å². The number of H-pyrrole nitrogens is 1. The fraction of sp³-hybridized carbons (Fsp3) is 0.150. The number of aromatic amines is 1. The molecular weight excluding hydrogens is 351 g/mol. The van der Waals surface area contributed by atoms with Gasteiger partial charge in [0, 0.05) is 35.3 Å². The minimum atomic E-state index is -0.488. The number of hydrogen-bond donors (Lipinski definition) is 1. The maximum absolute atomic E-state index is 13.4. The Labute approximate surface area is 154 Å². The van der Waals surface area contributed by atoms with Crippen LogP contribution >= 0.6 is 0 Å². The molecule has 27 heavy (non-hydrogen) atoms. The average Bonchev–Trinajstić information content (AvgIpc) is 3.06. The molecule has 0 spiro atoms.